The quantitative estimate of drug-likeness (QED) is 0.432. The van der Waals surface area contributed by atoms with E-state index in [0.717, 1.165) is 0 Å². The third kappa shape index (κ3) is 3.49. The molecule has 30 heavy (non-hydrogen) atoms. The lowest BCUT2D eigenvalue weighted by Crippen LogP contribution is -2.27. The number of ether oxygens (including phenoxy) is 1. The van der Waals surface area contributed by atoms with Crippen molar-refractivity contribution < 1.29 is 17.7 Å². The lowest BCUT2D eigenvalue weighted by Gasteiger charge is -2.35. The SMILES string of the molecule is CC=CC(C)=C(N1c2ccccc2Oc2cccc(-c3ccccn3)c21)S(=O)(=O)O. The Kier molecular flexibility index (Phi) is 5.15. The number of hydrogen-bond acceptors (Lipinski definition) is 5. The standard InChI is InChI=1S/C23H20N2O4S/c1-3-9-16(2)23(30(26,27)28)25-19-12-4-5-13-20(19)29-21-14-8-10-17(22(21)25)18-11-6-7-15-24-18/h3-15H,1-2H3,(H,26,27,28). The normalized spacial score (nSPS) is 14.0. The van der Waals surface area contributed by atoms with Gasteiger partial charge in [-0.3, -0.25) is 14.4 Å². The molecular formula is C23H20N2O4S. The second-order valence-corrected chi connectivity index (χ2v) is 8.07. The summed E-state index contributed by atoms with van der Waals surface area (Å²) in [6.07, 6.45) is 5.03. The van der Waals surface area contributed by atoms with Crippen molar-refractivity contribution in [1.29, 1.82) is 0 Å². The van der Waals surface area contributed by atoms with Crippen LogP contribution in [-0.4, -0.2) is 18.0 Å². The van der Waals surface area contributed by atoms with Crippen LogP contribution in [0.1, 0.15) is 13.8 Å². The fourth-order valence-electron chi connectivity index (χ4n) is 3.56. The average molecular weight is 420 g/mol. The van der Waals surface area contributed by atoms with Gasteiger partial charge in [-0.05, 0) is 49.8 Å². The van der Waals surface area contributed by atoms with Gasteiger partial charge in [0, 0.05) is 11.8 Å². The molecule has 152 valence electrons. The molecule has 2 heterocycles. The highest BCUT2D eigenvalue weighted by Crippen LogP contribution is 2.52. The number of nitrogens with zero attached hydrogens (tertiary/aromatic N) is 2. The molecule has 3 aromatic rings. The molecule has 0 bridgehead atoms. The number of fused-ring (bicyclic) bond motifs is 2. The van der Waals surface area contributed by atoms with Crippen LogP contribution in [0.25, 0.3) is 11.3 Å². The van der Waals surface area contributed by atoms with Crippen molar-refractivity contribution >= 4 is 21.5 Å². The summed E-state index contributed by atoms with van der Waals surface area (Å²) in [4.78, 5) is 5.96. The first-order chi connectivity index (χ1) is 14.4. The van der Waals surface area contributed by atoms with E-state index in [9.17, 15) is 13.0 Å². The van der Waals surface area contributed by atoms with Crippen LogP contribution in [0, 0.1) is 0 Å². The maximum absolute atomic E-state index is 12.6. The van der Waals surface area contributed by atoms with Gasteiger partial charge in [-0.2, -0.15) is 8.42 Å². The van der Waals surface area contributed by atoms with Gasteiger partial charge < -0.3 is 4.74 Å². The maximum atomic E-state index is 12.6. The molecule has 0 saturated heterocycles. The number of benzene rings is 2. The Labute approximate surface area is 175 Å². The summed E-state index contributed by atoms with van der Waals surface area (Å²) in [7, 11) is -4.59. The van der Waals surface area contributed by atoms with Gasteiger partial charge in [-0.25, -0.2) is 0 Å². The van der Waals surface area contributed by atoms with Crippen molar-refractivity contribution in [1.82, 2.24) is 4.98 Å². The average Bonchev–Trinajstić information content (AvgIpc) is 2.73. The number of rotatable bonds is 4. The van der Waals surface area contributed by atoms with E-state index < -0.39 is 10.1 Å². The second-order valence-electron chi connectivity index (χ2n) is 6.74. The summed E-state index contributed by atoms with van der Waals surface area (Å²) in [6.45, 7) is 3.43. The lowest BCUT2D eigenvalue weighted by molar-refractivity contribution is 0.473. The molecule has 0 radical (unpaired) electrons. The monoisotopic (exact) mass is 420 g/mol. The van der Waals surface area contributed by atoms with E-state index in [-0.39, 0.29) is 5.03 Å². The van der Waals surface area contributed by atoms with Gasteiger partial charge >= 0.3 is 10.1 Å². The second kappa shape index (κ2) is 7.78. The first-order valence-corrected chi connectivity index (χ1v) is 10.8. The number of pyridine rings is 1. The molecule has 1 N–H and O–H groups in total. The van der Waals surface area contributed by atoms with E-state index in [4.69, 9.17) is 4.74 Å². The maximum Gasteiger partial charge on any atom is 0.310 e. The molecular weight excluding hydrogens is 400 g/mol. The first kappa shape index (κ1) is 19.9. The van der Waals surface area contributed by atoms with Crippen LogP contribution in [0.15, 0.2) is 89.6 Å². The van der Waals surface area contributed by atoms with Crippen molar-refractivity contribution in [3.8, 4) is 22.8 Å². The number of para-hydroxylation sites is 3. The highest BCUT2D eigenvalue weighted by atomic mass is 32.2. The van der Waals surface area contributed by atoms with E-state index in [2.05, 4.69) is 4.98 Å². The van der Waals surface area contributed by atoms with Crippen LogP contribution in [0.5, 0.6) is 11.5 Å². The third-order valence-corrected chi connectivity index (χ3v) is 5.68. The van der Waals surface area contributed by atoms with Crippen LogP contribution in [0.4, 0.5) is 11.4 Å². The third-order valence-electron chi connectivity index (χ3n) is 4.69. The Bertz CT molecular complexity index is 1270. The largest absolute Gasteiger partial charge is 0.453 e. The van der Waals surface area contributed by atoms with Crippen molar-refractivity contribution in [3.05, 3.63) is 89.6 Å². The molecule has 0 saturated carbocycles. The summed E-state index contributed by atoms with van der Waals surface area (Å²) in [5.74, 6) is 0.948. The molecule has 0 fully saturated rings. The van der Waals surface area contributed by atoms with Crippen molar-refractivity contribution in [2.45, 2.75) is 13.8 Å². The zero-order chi connectivity index (χ0) is 21.3. The molecule has 1 aliphatic heterocycles. The first-order valence-electron chi connectivity index (χ1n) is 9.34. The lowest BCUT2D eigenvalue weighted by atomic mass is 10.0. The highest BCUT2D eigenvalue weighted by molar-refractivity contribution is 7.90. The molecule has 7 heteroatoms. The Balaban J connectivity index is 2.11. The summed E-state index contributed by atoms with van der Waals surface area (Å²) < 4.78 is 41.5. The minimum atomic E-state index is -4.59. The van der Waals surface area contributed by atoms with Crippen LogP contribution in [0.3, 0.4) is 0 Å². The summed E-state index contributed by atoms with van der Waals surface area (Å²) in [5.41, 5.74) is 2.72. The van der Waals surface area contributed by atoms with Gasteiger partial charge in [0.2, 0.25) is 0 Å². The van der Waals surface area contributed by atoms with Crippen molar-refractivity contribution in [2.75, 3.05) is 4.90 Å². The van der Waals surface area contributed by atoms with Gasteiger partial charge in [-0.1, -0.05) is 42.5 Å². The van der Waals surface area contributed by atoms with Crippen LogP contribution >= 0.6 is 0 Å². The number of allylic oxidation sites excluding steroid dienone is 3. The van der Waals surface area contributed by atoms with Crippen LogP contribution in [0.2, 0.25) is 0 Å². The summed E-state index contributed by atoms with van der Waals surface area (Å²) >= 11 is 0. The minimum Gasteiger partial charge on any atom is -0.453 e. The van der Waals surface area contributed by atoms with Crippen LogP contribution in [-0.2, 0) is 10.1 Å². The summed E-state index contributed by atoms with van der Waals surface area (Å²) in [6, 6.07) is 18.0. The molecule has 1 aliphatic rings. The molecule has 1 aromatic heterocycles. The van der Waals surface area contributed by atoms with Gasteiger partial charge in [0.1, 0.15) is 0 Å². The van der Waals surface area contributed by atoms with Gasteiger partial charge in [0.05, 0.1) is 17.1 Å². The minimum absolute atomic E-state index is 0.235. The van der Waals surface area contributed by atoms with Gasteiger partial charge in [0.15, 0.2) is 16.5 Å². The van der Waals surface area contributed by atoms with E-state index in [1.54, 1.807) is 62.5 Å². The molecule has 0 aliphatic carbocycles. The van der Waals surface area contributed by atoms with E-state index in [0.29, 0.717) is 39.7 Å². The molecule has 0 unspecified atom stereocenters. The Hall–Kier alpha value is -3.42. The topological polar surface area (TPSA) is 79.7 Å². The zero-order valence-corrected chi connectivity index (χ0v) is 17.3. The number of aromatic nitrogens is 1. The molecule has 0 spiro atoms. The zero-order valence-electron chi connectivity index (χ0n) is 16.5. The van der Waals surface area contributed by atoms with Crippen molar-refractivity contribution in [3.63, 3.8) is 0 Å². The Morgan fingerprint density at radius 3 is 2.47 bits per heavy atom. The van der Waals surface area contributed by atoms with Crippen LogP contribution < -0.4 is 9.64 Å². The van der Waals surface area contributed by atoms with E-state index >= 15 is 0 Å². The number of anilines is 2. The summed E-state index contributed by atoms with van der Waals surface area (Å²) in [5, 5.41) is -0.235. The fraction of sp³-hybridized carbons (Fsp3) is 0.0870. The van der Waals surface area contributed by atoms with E-state index in [1.165, 1.54) is 4.90 Å². The molecule has 0 amide bonds. The van der Waals surface area contributed by atoms with Crippen molar-refractivity contribution in [2.24, 2.45) is 0 Å². The Morgan fingerprint density at radius 1 is 1.03 bits per heavy atom. The van der Waals surface area contributed by atoms with Gasteiger partial charge in [-0.15, -0.1) is 0 Å². The fourth-order valence-corrected chi connectivity index (χ4v) is 4.45. The molecule has 6 nitrogen and oxygen atoms in total. The van der Waals surface area contributed by atoms with Gasteiger partial charge in [0.25, 0.3) is 0 Å². The Morgan fingerprint density at radius 2 is 1.77 bits per heavy atom. The predicted molar refractivity (Wildman–Crippen MR) is 117 cm³/mol. The van der Waals surface area contributed by atoms with E-state index in [1.807, 2.05) is 30.3 Å². The number of hydrogen-bond donors (Lipinski definition) is 1. The predicted octanol–water partition coefficient (Wildman–Crippen LogP) is 5.69. The smallest absolute Gasteiger partial charge is 0.310 e. The highest BCUT2D eigenvalue weighted by Gasteiger charge is 2.35. The molecule has 4 rings (SSSR count). The molecule has 2 aromatic carbocycles. The molecule has 0 atom stereocenters.